The lowest BCUT2D eigenvalue weighted by molar-refractivity contribution is -0.151. The van der Waals surface area contributed by atoms with Crippen molar-refractivity contribution in [1.29, 1.82) is 0 Å². The molecular weight excluding hydrogens is 216 g/mol. The highest BCUT2D eigenvalue weighted by molar-refractivity contribution is 5.81. The first kappa shape index (κ1) is 14.0. The lowest BCUT2D eigenvalue weighted by Gasteiger charge is -2.41. The number of nitrogens with one attached hydrogen (secondary N) is 1. The number of hydrogen-bond donors (Lipinski definition) is 1. The van der Waals surface area contributed by atoms with Gasteiger partial charge in [0.1, 0.15) is 5.54 Å². The van der Waals surface area contributed by atoms with Crippen LogP contribution < -0.4 is 5.32 Å². The number of nitrogens with zero attached hydrogens (tertiary/aromatic N) is 1. The van der Waals surface area contributed by atoms with Gasteiger partial charge in [-0.05, 0) is 26.7 Å². The molecule has 0 amide bonds. The molecule has 0 radical (unpaired) electrons. The first-order valence-corrected chi connectivity index (χ1v) is 6.06. The zero-order valence-electron chi connectivity index (χ0n) is 11.0. The number of carbonyl (C=O) groups excluding carboxylic acids is 1. The van der Waals surface area contributed by atoms with E-state index in [4.69, 9.17) is 11.2 Å². The van der Waals surface area contributed by atoms with Crippen molar-refractivity contribution in [3.8, 4) is 12.3 Å². The highest BCUT2D eigenvalue weighted by atomic mass is 16.5. The Bertz CT molecular complexity index is 299. The quantitative estimate of drug-likeness (QED) is 0.576. The molecule has 1 aliphatic heterocycles. The van der Waals surface area contributed by atoms with Crippen molar-refractivity contribution < 1.29 is 9.53 Å². The molecule has 1 saturated heterocycles. The van der Waals surface area contributed by atoms with Crippen LogP contribution in [-0.2, 0) is 9.53 Å². The number of likely N-dealkylation sites (tertiary alicyclic amines) is 1. The molecule has 96 valence electrons. The molecule has 1 fully saturated rings. The normalized spacial score (nSPS) is 19.9. The second-order valence-electron chi connectivity index (χ2n) is 4.76. The molecule has 1 rings (SSSR count). The van der Waals surface area contributed by atoms with Crippen molar-refractivity contribution in [2.24, 2.45) is 0 Å². The maximum atomic E-state index is 11.9. The van der Waals surface area contributed by atoms with E-state index in [0.717, 1.165) is 25.9 Å². The van der Waals surface area contributed by atoms with Gasteiger partial charge < -0.3 is 9.64 Å². The van der Waals surface area contributed by atoms with Crippen molar-refractivity contribution in [3.63, 3.8) is 0 Å². The summed E-state index contributed by atoms with van der Waals surface area (Å²) in [5.41, 5.74) is -0.591. The third kappa shape index (κ3) is 3.21. The summed E-state index contributed by atoms with van der Waals surface area (Å²) in [7, 11) is 1.43. The molecule has 0 saturated carbocycles. The van der Waals surface area contributed by atoms with Gasteiger partial charge in [0.25, 0.3) is 0 Å². The van der Waals surface area contributed by atoms with E-state index in [1.54, 1.807) is 0 Å². The smallest absolute Gasteiger partial charge is 0.326 e. The fourth-order valence-electron chi connectivity index (χ4n) is 2.29. The average Bonchev–Trinajstić information content (AvgIpc) is 2.35. The van der Waals surface area contributed by atoms with Crippen LogP contribution in [0.15, 0.2) is 0 Å². The first-order valence-electron chi connectivity index (χ1n) is 6.06. The lowest BCUT2D eigenvalue weighted by atomic mass is 9.87. The highest BCUT2D eigenvalue weighted by Crippen LogP contribution is 2.24. The number of carbonyl (C=O) groups is 1. The number of piperidine rings is 1. The Kier molecular flexibility index (Phi) is 4.98. The number of methoxy groups -OCH3 is 1. The Balaban J connectivity index is 2.69. The predicted molar refractivity (Wildman–Crippen MR) is 67.5 cm³/mol. The van der Waals surface area contributed by atoms with Crippen LogP contribution in [0.1, 0.15) is 26.7 Å². The number of terminal acetylenes is 1. The van der Waals surface area contributed by atoms with Gasteiger partial charge in [0.15, 0.2) is 0 Å². The Labute approximate surface area is 104 Å². The molecule has 1 N–H and O–H groups in total. The fourth-order valence-corrected chi connectivity index (χ4v) is 2.29. The van der Waals surface area contributed by atoms with Crippen molar-refractivity contribution in [1.82, 2.24) is 10.2 Å². The third-order valence-corrected chi connectivity index (χ3v) is 3.49. The van der Waals surface area contributed by atoms with Gasteiger partial charge in [0.2, 0.25) is 0 Å². The Hall–Kier alpha value is -1.05. The van der Waals surface area contributed by atoms with E-state index in [2.05, 4.69) is 30.0 Å². The molecule has 0 spiro atoms. The van der Waals surface area contributed by atoms with Gasteiger partial charge >= 0.3 is 5.97 Å². The molecule has 1 heterocycles. The standard InChI is InChI=1S/C13H22N2O2/c1-5-8-14-13(12(16)17-4)6-9-15(10-7-13)11(2)3/h1,11,14H,6-10H2,2-4H3. The molecule has 0 aliphatic carbocycles. The predicted octanol–water partition coefficient (Wildman–Crippen LogP) is 0.625. The molecule has 0 aromatic rings. The SMILES string of the molecule is C#CCNC1(C(=O)OC)CCN(C(C)C)CC1. The average molecular weight is 238 g/mol. The molecule has 1 aliphatic rings. The van der Waals surface area contributed by atoms with E-state index in [0.29, 0.717) is 12.6 Å². The first-order chi connectivity index (χ1) is 8.05. The summed E-state index contributed by atoms with van der Waals surface area (Å²) in [4.78, 5) is 14.3. The van der Waals surface area contributed by atoms with Gasteiger partial charge in [-0.15, -0.1) is 6.42 Å². The second-order valence-corrected chi connectivity index (χ2v) is 4.76. The van der Waals surface area contributed by atoms with E-state index >= 15 is 0 Å². The number of esters is 1. The minimum atomic E-state index is -0.591. The summed E-state index contributed by atoms with van der Waals surface area (Å²) >= 11 is 0. The van der Waals surface area contributed by atoms with Crippen LogP contribution in [0.2, 0.25) is 0 Å². The van der Waals surface area contributed by atoms with Crippen LogP contribution in [0.5, 0.6) is 0 Å². The highest BCUT2D eigenvalue weighted by Gasteiger charge is 2.42. The van der Waals surface area contributed by atoms with Crippen LogP contribution in [0.4, 0.5) is 0 Å². The van der Waals surface area contributed by atoms with Gasteiger partial charge in [0.05, 0.1) is 13.7 Å². The van der Waals surface area contributed by atoms with Crippen LogP contribution in [0.3, 0.4) is 0 Å². The summed E-state index contributed by atoms with van der Waals surface area (Å²) in [6, 6.07) is 0.512. The molecule has 0 unspecified atom stereocenters. The van der Waals surface area contributed by atoms with Crippen molar-refractivity contribution in [2.45, 2.75) is 38.3 Å². The van der Waals surface area contributed by atoms with Crippen LogP contribution >= 0.6 is 0 Å². The lowest BCUT2D eigenvalue weighted by Crippen LogP contribution is -2.59. The van der Waals surface area contributed by atoms with E-state index < -0.39 is 5.54 Å². The second kappa shape index (κ2) is 6.04. The van der Waals surface area contributed by atoms with Crippen LogP contribution in [-0.4, -0.2) is 49.2 Å². The van der Waals surface area contributed by atoms with E-state index in [-0.39, 0.29) is 5.97 Å². The Morgan fingerprint density at radius 2 is 2.12 bits per heavy atom. The van der Waals surface area contributed by atoms with E-state index in [1.807, 2.05) is 0 Å². The van der Waals surface area contributed by atoms with Gasteiger partial charge in [-0.25, -0.2) is 0 Å². The van der Waals surface area contributed by atoms with Crippen LogP contribution in [0.25, 0.3) is 0 Å². The number of rotatable bonds is 4. The summed E-state index contributed by atoms with van der Waals surface area (Å²) in [6.07, 6.45) is 6.75. The molecule has 4 nitrogen and oxygen atoms in total. The molecule has 0 aromatic carbocycles. The zero-order valence-corrected chi connectivity index (χ0v) is 11.0. The van der Waals surface area contributed by atoms with Gasteiger partial charge in [-0.3, -0.25) is 10.1 Å². The topological polar surface area (TPSA) is 41.6 Å². The van der Waals surface area contributed by atoms with E-state index in [1.165, 1.54) is 7.11 Å². The summed E-state index contributed by atoms with van der Waals surface area (Å²) < 4.78 is 4.90. The fraction of sp³-hybridized carbons (Fsp3) is 0.769. The van der Waals surface area contributed by atoms with Gasteiger partial charge in [-0.2, -0.15) is 0 Å². The largest absolute Gasteiger partial charge is 0.468 e. The summed E-state index contributed by atoms with van der Waals surface area (Å²) in [5, 5.41) is 3.16. The minimum Gasteiger partial charge on any atom is -0.468 e. The molecule has 0 atom stereocenters. The van der Waals surface area contributed by atoms with Crippen LogP contribution in [0, 0.1) is 12.3 Å². The molecule has 0 bridgehead atoms. The van der Waals surface area contributed by atoms with E-state index in [9.17, 15) is 4.79 Å². The molecule has 0 aromatic heterocycles. The summed E-state index contributed by atoms with van der Waals surface area (Å²) in [6.45, 7) is 6.52. The Morgan fingerprint density at radius 1 is 1.53 bits per heavy atom. The number of ether oxygens (including phenoxy) is 1. The number of hydrogen-bond acceptors (Lipinski definition) is 4. The van der Waals surface area contributed by atoms with Crippen molar-refractivity contribution >= 4 is 5.97 Å². The molecule has 17 heavy (non-hydrogen) atoms. The maximum Gasteiger partial charge on any atom is 0.326 e. The van der Waals surface area contributed by atoms with Gasteiger partial charge in [-0.1, -0.05) is 5.92 Å². The van der Waals surface area contributed by atoms with Crippen molar-refractivity contribution in [3.05, 3.63) is 0 Å². The Morgan fingerprint density at radius 3 is 2.53 bits per heavy atom. The maximum absolute atomic E-state index is 11.9. The molecular formula is C13H22N2O2. The molecule has 4 heteroatoms. The van der Waals surface area contributed by atoms with Crippen molar-refractivity contribution in [2.75, 3.05) is 26.7 Å². The summed E-state index contributed by atoms with van der Waals surface area (Å²) in [5.74, 6) is 2.32. The van der Waals surface area contributed by atoms with Gasteiger partial charge in [0, 0.05) is 19.1 Å². The minimum absolute atomic E-state index is 0.198. The zero-order chi connectivity index (χ0) is 12.9. The third-order valence-electron chi connectivity index (χ3n) is 3.49. The monoisotopic (exact) mass is 238 g/mol.